The topological polar surface area (TPSA) is 621 Å². The van der Waals surface area contributed by atoms with Gasteiger partial charge in [-0.1, -0.05) is 120 Å². The lowest BCUT2D eigenvalue weighted by Crippen LogP contribution is -2.61. The Labute approximate surface area is 768 Å². The van der Waals surface area contributed by atoms with Gasteiger partial charge in [-0.2, -0.15) is 0 Å². The summed E-state index contributed by atoms with van der Waals surface area (Å²) in [5.74, 6) is -17.1. The molecule has 2 aliphatic heterocycles. The van der Waals surface area contributed by atoms with E-state index in [1.165, 1.54) is 47.6 Å². The summed E-state index contributed by atoms with van der Waals surface area (Å²) in [5.41, 5.74) is 20.0. The second-order valence-corrected chi connectivity index (χ2v) is 34.7. The SMILES string of the molecule is CCCC[C@H]1C(=O)N(C)[C@@H](CCCC)C(=O)N[C@@H](CCCNC(=N)N)C(=O)N[C@@H](C(=O)NCC(N)=O)CSCC(=O)N[C@@H](Cc2ccccc2)C(=O)N(C)[C@@H](C)C(=O)N[C@@H](CC(N)=O)C(=O)N2CCCC2C(=O)N[C@@H](Cc2cnc[nH]2)C(=O)N[C@@H](CC(C)C)C(=O)N(C)CC(=O)N[C@@H](Cc2c[nH]c3ccccc23)C(=O)N[C@@H](CO)C(=O)N[C@@H](Cc2c[nH]c3ccccc23)C(=O)N1C. The molecule has 0 saturated carbocycles. The third kappa shape index (κ3) is 30.0. The number of aromatic nitrogens is 4. The summed E-state index contributed by atoms with van der Waals surface area (Å²) in [6.45, 7) is 5.93. The van der Waals surface area contributed by atoms with Crippen LogP contribution in [0.4, 0.5) is 0 Å². The van der Waals surface area contributed by atoms with Crippen LogP contribution >= 0.6 is 11.8 Å². The van der Waals surface area contributed by atoms with Crippen molar-refractivity contribution >= 4 is 140 Å². The Morgan fingerprint density at radius 2 is 1.08 bits per heavy atom. The van der Waals surface area contributed by atoms with Crippen molar-refractivity contribution in [3.05, 3.63) is 126 Å². The minimum atomic E-state index is -1.85. The minimum absolute atomic E-state index is 0.00145. The summed E-state index contributed by atoms with van der Waals surface area (Å²) in [5, 5.41) is 49.4. The zero-order chi connectivity index (χ0) is 96.6. The number of unbranched alkanes of at least 4 members (excludes halogenated alkanes) is 2. The molecule has 2 aliphatic rings. The van der Waals surface area contributed by atoms with Crippen LogP contribution in [0.2, 0.25) is 0 Å². The number of nitrogens with one attached hydrogen (secondary N) is 15. The number of aromatic amines is 3. The van der Waals surface area contributed by atoms with Crippen LogP contribution in [-0.4, -0.2) is 307 Å². The maximum atomic E-state index is 15.7. The van der Waals surface area contributed by atoms with Gasteiger partial charge in [0.2, 0.25) is 100 Å². The van der Waals surface area contributed by atoms with Gasteiger partial charge >= 0.3 is 0 Å². The van der Waals surface area contributed by atoms with Crippen LogP contribution in [0.25, 0.3) is 21.8 Å². The quantitative estimate of drug-likeness (QED) is 0.0157. The van der Waals surface area contributed by atoms with E-state index in [2.05, 4.69) is 78.4 Å². The Kier molecular flexibility index (Phi) is 39.9. The number of thioether (sulfide) groups is 1. The number of para-hydroxylation sites is 2. The molecule has 43 heteroatoms. The molecule has 42 nitrogen and oxygen atoms in total. The third-order valence-corrected chi connectivity index (χ3v) is 24.2. The number of carbonyl (C=O) groups excluding carboxylic acids is 17. The van der Waals surface area contributed by atoms with Gasteiger partial charge in [0.25, 0.3) is 0 Å². The Hall–Kier alpha value is -13.5. The van der Waals surface area contributed by atoms with Crippen LogP contribution < -0.4 is 75.7 Å². The van der Waals surface area contributed by atoms with Crippen molar-refractivity contribution in [2.45, 2.75) is 216 Å². The average molecular weight is 1850 g/mol. The summed E-state index contributed by atoms with van der Waals surface area (Å²) < 4.78 is 0. The van der Waals surface area contributed by atoms with Gasteiger partial charge in [-0.25, -0.2) is 4.98 Å². The van der Waals surface area contributed by atoms with Crippen LogP contribution in [0.15, 0.2) is 104 Å². The van der Waals surface area contributed by atoms with Crippen molar-refractivity contribution in [2.24, 2.45) is 23.1 Å². The van der Waals surface area contributed by atoms with Gasteiger partial charge in [0.15, 0.2) is 5.96 Å². The van der Waals surface area contributed by atoms with E-state index in [0.29, 0.717) is 69.9 Å². The number of primary amides is 2. The van der Waals surface area contributed by atoms with E-state index < -0.39 is 223 Å². The number of likely N-dealkylation sites (N-methyl/N-ethyl adjacent to an activating group) is 4. The minimum Gasteiger partial charge on any atom is -0.394 e. The molecular formula is C89H126N24O18S. The molecule has 0 spiro atoms. The summed E-state index contributed by atoms with van der Waals surface area (Å²) in [4.78, 5) is 267. The normalized spacial score (nSPS) is 23.5. The van der Waals surface area contributed by atoms with Crippen molar-refractivity contribution in [1.82, 2.24) is 103 Å². The first-order chi connectivity index (χ1) is 62.9. The number of amides is 17. The molecule has 22 N–H and O–H groups in total. The number of nitrogens with two attached hydrogens (primary N) is 3. The van der Waals surface area contributed by atoms with Gasteiger partial charge < -0.3 is 120 Å². The largest absolute Gasteiger partial charge is 0.394 e. The van der Waals surface area contributed by atoms with E-state index in [0.717, 1.165) is 36.3 Å². The molecule has 5 heterocycles. The molecule has 0 bridgehead atoms. The van der Waals surface area contributed by atoms with Gasteiger partial charge in [0, 0.05) is 119 Å². The lowest BCUT2D eigenvalue weighted by molar-refractivity contribution is -0.149. The highest BCUT2D eigenvalue weighted by Crippen LogP contribution is 2.26. The second kappa shape index (κ2) is 50.6. The number of hydrogen-bond donors (Lipinski definition) is 19. The first-order valence-corrected chi connectivity index (χ1v) is 45.4. The first kappa shape index (κ1) is 104. The fourth-order valence-electron chi connectivity index (χ4n) is 15.8. The average Bonchev–Trinajstić information content (AvgIpc) is 1.48. The number of guanidine groups is 1. The van der Waals surface area contributed by atoms with Crippen molar-refractivity contribution in [3.8, 4) is 0 Å². The molecule has 3 aromatic heterocycles. The Morgan fingerprint density at radius 3 is 1.67 bits per heavy atom. The van der Waals surface area contributed by atoms with Crippen molar-refractivity contribution in [3.63, 3.8) is 0 Å². The summed E-state index contributed by atoms with van der Waals surface area (Å²) >= 11 is 0.795. The first-order valence-electron chi connectivity index (χ1n) is 44.2. The molecule has 17 amide bonds. The highest BCUT2D eigenvalue weighted by molar-refractivity contribution is 8.00. The number of imidazole rings is 1. The number of hydrogen-bond acceptors (Lipinski definition) is 21. The predicted molar refractivity (Wildman–Crippen MR) is 490 cm³/mol. The van der Waals surface area contributed by atoms with E-state index in [-0.39, 0.29) is 89.6 Å². The maximum absolute atomic E-state index is 15.7. The van der Waals surface area contributed by atoms with E-state index in [1.54, 1.807) is 105 Å². The molecule has 1 unspecified atom stereocenters. The van der Waals surface area contributed by atoms with Gasteiger partial charge in [0.1, 0.15) is 78.5 Å². The van der Waals surface area contributed by atoms with Crippen molar-refractivity contribution in [2.75, 3.05) is 72.5 Å². The fourth-order valence-corrected chi connectivity index (χ4v) is 16.7. The lowest BCUT2D eigenvalue weighted by atomic mass is 10.00. The molecule has 716 valence electrons. The van der Waals surface area contributed by atoms with E-state index >= 15 is 24.0 Å². The molecule has 2 saturated heterocycles. The van der Waals surface area contributed by atoms with Crippen LogP contribution in [0.3, 0.4) is 0 Å². The number of carbonyl (C=O) groups is 17. The number of fused-ring (bicyclic) bond motifs is 3. The van der Waals surface area contributed by atoms with Crippen LogP contribution in [0, 0.1) is 11.3 Å². The predicted octanol–water partition coefficient (Wildman–Crippen LogP) is -2.14. The summed E-state index contributed by atoms with van der Waals surface area (Å²) in [7, 11) is 5.25. The van der Waals surface area contributed by atoms with Crippen molar-refractivity contribution < 1.29 is 86.6 Å². The summed E-state index contributed by atoms with van der Waals surface area (Å²) in [6, 6.07) is 2.90. The molecule has 8 rings (SSSR count). The number of nitrogens with zero attached hydrogens (tertiary/aromatic N) is 6. The zero-order valence-electron chi connectivity index (χ0n) is 75.9. The number of rotatable bonds is 26. The Balaban J connectivity index is 1.18. The van der Waals surface area contributed by atoms with E-state index in [9.17, 15) is 62.6 Å². The molecule has 6 aromatic rings. The van der Waals surface area contributed by atoms with Gasteiger partial charge in [-0.15, -0.1) is 11.8 Å². The molecule has 0 radical (unpaired) electrons. The van der Waals surface area contributed by atoms with Crippen LogP contribution in [0.1, 0.15) is 134 Å². The molecule has 3 aromatic carbocycles. The molecule has 2 fully saturated rings. The smallest absolute Gasteiger partial charge is 0.246 e. The van der Waals surface area contributed by atoms with Gasteiger partial charge in [-0.3, -0.25) is 86.9 Å². The standard InChI is InChI=1S/C89H126N24O18S/c1-10-12-30-69-82(125)102-60(29-21-33-95-89(92)93)78(121)108-68(77(120)98-44-73(91)116)47-132-48-75(118)101-64(36-52-23-15-14-16-24-52)85(128)110(7)51(5)76(119)104-66(40-72(90)115)87(130)113-34-22-32-70(113)83(126)103-62(39-55-43-94-49-99-55)80(123)105-63(35-50(3)4)84(127)109(6)45-74(117)100-61(37-53-41-96-58-27-19-17-25-56(53)58)79(122)107-67(46-114)81(124)106-65(38-54-42-97-59-28-20-18-26-57(54)59)86(129)112(9)71(31-13-11-2)88(131)111(69)8/h14-20,23-28,41-43,49-51,60-71,96-97,114H,10-13,21-22,29-40,44-48H2,1-9H3,(H2,90,115)(H2,91,116)(H,94,99)(H,98,120)(H,100,117)(H,101,118)(H,102,125)(H,103,126)(H,104,119)(H,105,123)(H,106,124)(H,107,122)(H,108,121)(H4,92,93,95)/t51-,60-,61-,62-,63-,64-,65-,66-,67-,68+,69-,70?,71-/m0/s1. The second-order valence-electron chi connectivity index (χ2n) is 33.7. The molecule has 0 aliphatic carbocycles. The Morgan fingerprint density at radius 1 is 0.538 bits per heavy atom. The Bertz CT molecular complexity index is 5050. The maximum Gasteiger partial charge on any atom is 0.246 e. The highest BCUT2D eigenvalue weighted by atomic mass is 32.2. The van der Waals surface area contributed by atoms with Gasteiger partial charge in [-0.05, 0) is 86.6 Å². The number of aliphatic hydroxyl groups excluding tert-OH is 1. The van der Waals surface area contributed by atoms with E-state index in [4.69, 9.17) is 22.6 Å². The van der Waals surface area contributed by atoms with Crippen LogP contribution in [0.5, 0.6) is 0 Å². The van der Waals surface area contributed by atoms with Crippen molar-refractivity contribution in [1.29, 1.82) is 5.41 Å². The summed E-state index contributed by atoms with van der Waals surface area (Å²) in [6.07, 6.45) is 6.01. The zero-order valence-corrected chi connectivity index (χ0v) is 76.7. The number of H-pyrrole nitrogens is 3. The molecule has 13 atom stereocenters. The highest BCUT2D eigenvalue weighted by Gasteiger charge is 2.44. The number of aliphatic hydroxyl groups is 1. The number of benzene rings is 3. The fraction of sp³-hybridized carbons (Fsp3) is 0.517. The molecule has 132 heavy (non-hydrogen) atoms. The molecular weight excluding hydrogens is 1730 g/mol. The third-order valence-electron chi connectivity index (χ3n) is 23.1. The monoisotopic (exact) mass is 1850 g/mol. The van der Waals surface area contributed by atoms with Crippen LogP contribution in [-0.2, 0) is 107 Å². The lowest BCUT2D eigenvalue weighted by Gasteiger charge is -2.36. The van der Waals surface area contributed by atoms with E-state index in [1.807, 2.05) is 13.8 Å². The van der Waals surface area contributed by atoms with Gasteiger partial charge in [0.05, 0.1) is 38.2 Å².